The van der Waals surface area contributed by atoms with Crippen molar-refractivity contribution in [1.82, 2.24) is 14.8 Å². The summed E-state index contributed by atoms with van der Waals surface area (Å²) >= 11 is 0. The SMILES string of the molecule is O=C(CCc1ccncc1)N1CCC[C@@](O)(CN2CCCC2)C1. The molecule has 23 heavy (non-hydrogen) atoms. The molecule has 1 N–H and O–H groups in total. The second kappa shape index (κ2) is 7.41. The van der Waals surface area contributed by atoms with Gasteiger partial charge in [0.1, 0.15) is 0 Å². The molecule has 5 nitrogen and oxygen atoms in total. The number of hydrogen-bond donors (Lipinski definition) is 1. The molecule has 0 unspecified atom stereocenters. The van der Waals surface area contributed by atoms with Crippen molar-refractivity contribution in [1.29, 1.82) is 0 Å². The molecule has 1 aromatic heterocycles. The zero-order chi connectivity index (χ0) is 16.1. The number of carbonyl (C=O) groups is 1. The summed E-state index contributed by atoms with van der Waals surface area (Å²) in [7, 11) is 0. The lowest BCUT2D eigenvalue weighted by molar-refractivity contribution is -0.139. The van der Waals surface area contributed by atoms with Gasteiger partial charge in [0.25, 0.3) is 0 Å². The first-order chi connectivity index (χ1) is 11.1. The largest absolute Gasteiger partial charge is 0.387 e. The third kappa shape index (κ3) is 4.52. The van der Waals surface area contributed by atoms with E-state index in [0.29, 0.717) is 19.5 Å². The fourth-order valence-corrected chi connectivity index (χ4v) is 3.77. The molecule has 0 spiro atoms. The zero-order valence-corrected chi connectivity index (χ0v) is 13.8. The van der Waals surface area contributed by atoms with E-state index in [1.54, 1.807) is 12.4 Å². The van der Waals surface area contributed by atoms with E-state index in [-0.39, 0.29) is 5.91 Å². The van der Waals surface area contributed by atoms with Crippen molar-refractivity contribution < 1.29 is 9.90 Å². The Morgan fingerprint density at radius 3 is 2.65 bits per heavy atom. The van der Waals surface area contributed by atoms with E-state index < -0.39 is 5.60 Å². The molecule has 2 fully saturated rings. The van der Waals surface area contributed by atoms with Crippen molar-refractivity contribution in [3.8, 4) is 0 Å². The average molecular weight is 317 g/mol. The van der Waals surface area contributed by atoms with Gasteiger partial charge >= 0.3 is 0 Å². The van der Waals surface area contributed by atoms with Crippen LogP contribution in [-0.2, 0) is 11.2 Å². The van der Waals surface area contributed by atoms with Gasteiger partial charge in [0, 0.05) is 31.9 Å². The highest BCUT2D eigenvalue weighted by molar-refractivity contribution is 5.76. The standard InChI is InChI=1S/C18H27N3O2/c22-17(5-4-16-6-9-19-10-7-16)21-13-3-8-18(23,15-21)14-20-11-1-2-12-20/h6-7,9-10,23H,1-5,8,11-15H2/t18-/m1/s1. The molecule has 1 aromatic rings. The number of aromatic nitrogens is 1. The van der Waals surface area contributed by atoms with Crippen LogP contribution in [0.15, 0.2) is 24.5 Å². The molecule has 2 saturated heterocycles. The quantitative estimate of drug-likeness (QED) is 0.893. The molecule has 3 rings (SSSR count). The highest BCUT2D eigenvalue weighted by Gasteiger charge is 2.36. The van der Waals surface area contributed by atoms with Crippen LogP contribution in [0, 0.1) is 0 Å². The van der Waals surface area contributed by atoms with Crippen molar-refractivity contribution in [2.45, 2.75) is 44.1 Å². The van der Waals surface area contributed by atoms with E-state index in [4.69, 9.17) is 0 Å². The Hall–Kier alpha value is -1.46. The molecule has 0 radical (unpaired) electrons. The van der Waals surface area contributed by atoms with Gasteiger partial charge in [-0.15, -0.1) is 0 Å². The Labute approximate surface area is 138 Å². The first kappa shape index (κ1) is 16.4. The van der Waals surface area contributed by atoms with E-state index in [1.807, 2.05) is 17.0 Å². The summed E-state index contributed by atoms with van der Waals surface area (Å²) in [4.78, 5) is 20.7. The molecule has 2 aliphatic rings. The third-order valence-corrected chi connectivity index (χ3v) is 5.00. The van der Waals surface area contributed by atoms with Crippen LogP contribution in [0.1, 0.15) is 37.7 Å². The van der Waals surface area contributed by atoms with Crippen molar-refractivity contribution in [3.63, 3.8) is 0 Å². The van der Waals surface area contributed by atoms with E-state index in [9.17, 15) is 9.90 Å². The van der Waals surface area contributed by atoms with Gasteiger partial charge in [-0.2, -0.15) is 0 Å². The number of piperidine rings is 1. The smallest absolute Gasteiger partial charge is 0.223 e. The number of pyridine rings is 1. The topological polar surface area (TPSA) is 56.7 Å². The first-order valence-corrected chi connectivity index (χ1v) is 8.76. The number of aryl methyl sites for hydroxylation is 1. The van der Waals surface area contributed by atoms with Gasteiger partial charge in [-0.3, -0.25) is 9.78 Å². The van der Waals surface area contributed by atoms with E-state index in [1.165, 1.54) is 12.8 Å². The molecule has 126 valence electrons. The summed E-state index contributed by atoms with van der Waals surface area (Å²) in [5, 5.41) is 10.9. The number of hydrogen-bond acceptors (Lipinski definition) is 4. The van der Waals surface area contributed by atoms with E-state index >= 15 is 0 Å². The van der Waals surface area contributed by atoms with Crippen molar-refractivity contribution in [2.75, 3.05) is 32.7 Å². The van der Waals surface area contributed by atoms with Gasteiger partial charge in [0.2, 0.25) is 5.91 Å². The molecule has 1 amide bonds. The number of rotatable bonds is 5. The highest BCUT2D eigenvalue weighted by Crippen LogP contribution is 2.24. The van der Waals surface area contributed by atoms with Crippen LogP contribution >= 0.6 is 0 Å². The number of amides is 1. The van der Waals surface area contributed by atoms with E-state index in [0.717, 1.165) is 44.5 Å². The number of nitrogens with zero attached hydrogens (tertiary/aromatic N) is 3. The number of carbonyl (C=O) groups excluding carboxylic acids is 1. The van der Waals surface area contributed by atoms with Crippen LogP contribution in [0.3, 0.4) is 0 Å². The number of likely N-dealkylation sites (tertiary alicyclic amines) is 2. The monoisotopic (exact) mass is 317 g/mol. The number of β-amino-alcohol motifs (C(OH)–C–C–N with tert-alkyl or cyclic N) is 1. The molecular formula is C18H27N3O2. The molecule has 1 atom stereocenters. The summed E-state index contributed by atoms with van der Waals surface area (Å²) in [5.41, 5.74) is 0.409. The number of aliphatic hydroxyl groups is 1. The Bertz CT molecular complexity index is 516. The first-order valence-electron chi connectivity index (χ1n) is 8.76. The molecule has 3 heterocycles. The Balaban J connectivity index is 1.51. The summed E-state index contributed by atoms with van der Waals surface area (Å²) in [6.45, 7) is 4.13. The summed E-state index contributed by atoms with van der Waals surface area (Å²) in [6, 6.07) is 3.90. The van der Waals surface area contributed by atoms with Crippen molar-refractivity contribution in [2.24, 2.45) is 0 Å². The minimum absolute atomic E-state index is 0.154. The van der Waals surface area contributed by atoms with Gasteiger partial charge in [0.05, 0.1) is 12.1 Å². The summed E-state index contributed by atoms with van der Waals surface area (Å²) in [5.74, 6) is 0.154. The maximum atomic E-state index is 12.5. The van der Waals surface area contributed by atoms with Gasteiger partial charge in [-0.05, 0) is 62.9 Å². The molecule has 0 aliphatic carbocycles. The molecular weight excluding hydrogens is 290 g/mol. The fraction of sp³-hybridized carbons (Fsp3) is 0.667. The fourth-order valence-electron chi connectivity index (χ4n) is 3.77. The maximum absolute atomic E-state index is 12.5. The summed E-state index contributed by atoms with van der Waals surface area (Å²) in [6.07, 6.45) is 8.91. The normalized spacial score (nSPS) is 25.7. The molecule has 0 saturated carbocycles. The van der Waals surface area contributed by atoms with Gasteiger partial charge in [-0.25, -0.2) is 0 Å². The molecule has 5 heteroatoms. The van der Waals surface area contributed by atoms with Crippen LogP contribution in [0.4, 0.5) is 0 Å². The van der Waals surface area contributed by atoms with Crippen LogP contribution in [0.2, 0.25) is 0 Å². The molecule has 0 bridgehead atoms. The maximum Gasteiger partial charge on any atom is 0.223 e. The Morgan fingerprint density at radius 2 is 1.91 bits per heavy atom. The van der Waals surface area contributed by atoms with Crippen molar-refractivity contribution in [3.05, 3.63) is 30.1 Å². The van der Waals surface area contributed by atoms with Crippen LogP contribution in [-0.4, -0.2) is 64.1 Å². The average Bonchev–Trinajstić information content (AvgIpc) is 3.06. The van der Waals surface area contributed by atoms with Crippen LogP contribution < -0.4 is 0 Å². The van der Waals surface area contributed by atoms with Gasteiger partial charge < -0.3 is 14.9 Å². The minimum atomic E-state index is -0.727. The van der Waals surface area contributed by atoms with Crippen molar-refractivity contribution >= 4 is 5.91 Å². The van der Waals surface area contributed by atoms with Crippen LogP contribution in [0.25, 0.3) is 0 Å². The predicted octanol–water partition coefficient (Wildman–Crippen LogP) is 1.46. The minimum Gasteiger partial charge on any atom is -0.387 e. The lowest BCUT2D eigenvalue weighted by Gasteiger charge is -2.41. The third-order valence-electron chi connectivity index (χ3n) is 5.00. The van der Waals surface area contributed by atoms with Gasteiger partial charge in [0.15, 0.2) is 0 Å². The zero-order valence-electron chi connectivity index (χ0n) is 13.8. The molecule has 0 aromatic carbocycles. The Morgan fingerprint density at radius 1 is 1.17 bits per heavy atom. The second-order valence-corrected chi connectivity index (χ2v) is 6.98. The van der Waals surface area contributed by atoms with Gasteiger partial charge in [-0.1, -0.05) is 0 Å². The molecule has 2 aliphatic heterocycles. The lowest BCUT2D eigenvalue weighted by Crippen LogP contribution is -2.55. The highest BCUT2D eigenvalue weighted by atomic mass is 16.3. The Kier molecular flexibility index (Phi) is 5.28. The van der Waals surface area contributed by atoms with E-state index in [2.05, 4.69) is 9.88 Å². The predicted molar refractivity (Wildman–Crippen MR) is 89.0 cm³/mol. The summed E-state index contributed by atoms with van der Waals surface area (Å²) < 4.78 is 0. The lowest BCUT2D eigenvalue weighted by atomic mass is 9.92. The second-order valence-electron chi connectivity index (χ2n) is 6.98. The van der Waals surface area contributed by atoms with Crippen LogP contribution in [0.5, 0.6) is 0 Å².